The van der Waals surface area contributed by atoms with Crippen molar-refractivity contribution in [2.45, 2.75) is 33.3 Å². The molecule has 0 aliphatic rings. The van der Waals surface area contributed by atoms with Gasteiger partial charge in [-0.25, -0.2) is 4.98 Å². The standard InChI is InChI=1S/C16H17Cl2NO/c1-10(2)14-5-4-13(6-11(14)3)20-9-12-8-19-16(18)7-15(12)17/h4-8,10H,9H2,1-3H3. The largest absolute Gasteiger partial charge is 0.489 e. The maximum Gasteiger partial charge on any atom is 0.130 e. The van der Waals surface area contributed by atoms with Gasteiger partial charge in [-0.15, -0.1) is 0 Å². The lowest BCUT2D eigenvalue weighted by Gasteiger charge is -2.13. The Morgan fingerprint density at radius 3 is 2.55 bits per heavy atom. The van der Waals surface area contributed by atoms with Gasteiger partial charge in [-0.05, 0) is 42.2 Å². The van der Waals surface area contributed by atoms with Gasteiger partial charge in [0.2, 0.25) is 0 Å². The van der Waals surface area contributed by atoms with Crippen LogP contribution in [0.5, 0.6) is 5.75 Å². The Bertz CT molecular complexity index is 611. The molecule has 2 aromatic rings. The number of nitrogens with zero attached hydrogens (tertiary/aromatic N) is 1. The van der Waals surface area contributed by atoms with Crippen molar-refractivity contribution < 1.29 is 4.74 Å². The number of pyridine rings is 1. The zero-order valence-electron chi connectivity index (χ0n) is 11.8. The molecule has 1 aromatic carbocycles. The van der Waals surface area contributed by atoms with Crippen molar-refractivity contribution in [1.82, 2.24) is 4.98 Å². The second-order valence-corrected chi connectivity index (χ2v) is 5.85. The van der Waals surface area contributed by atoms with Crippen LogP contribution in [-0.2, 0) is 6.61 Å². The summed E-state index contributed by atoms with van der Waals surface area (Å²) in [6.07, 6.45) is 1.64. The molecule has 0 fully saturated rings. The second kappa shape index (κ2) is 6.47. The van der Waals surface area contributed by atoms with Crippen molar-refractivity contribution in [2.24, 2.45) is 0 Å². The molecule has 0 saturated carbocycles. The Morgan fingerprint density at radius 2 is 1.95 bits per heavy atom. The first-order chi connectivity index (χ1) is 9.47. The van der Waals surface area contributed by atoms with E-state index in [1.165, 1.54) is 11.1 Å². The van der Waals surface area contributed by atoms with Gasteiger partial charge in [0.25, 0.3) is 0 Å². The van der Waals surface area contributed by atoms with Crippen LogP contribution in [-0.4, -0.2) is 4.98 Å². The third kappa shape index (κ3) is 3.65. The van der Waals surface area contributed by atoms with Crippen molar-refractivity contribution >= 4 is 23.2 Å². The minimum absolute atomic E-state index is 0.378. The van der Waals surface area contributed by atoms with Crippen molar-refractivity contribution in [3.63, 3.8) is 0 Å². The first kappa shape index (κ1) is 15.1. The molecule has 0 spiro atoms. The molecule has 0 radical (unpaired) electrons. The van der Waals surface area contributed by atoms with Gasteiger partial charge in [0.15, 0.2) is 0 Å². The Labute approximate surface area is 129 Å². The molecule has 2 nitrogen and oxygen atoms in total. The summed E-state index contributed by atoms with van der Waals surface area (Å²) in [5.41, 5.74) is 3.39. The molecule has 0 aliphatic carbocycles. The fourth-order valence-corrected chi connectivity index (χ4v) is 2.51. The van der Waals surface area contributed by atoms with Gasteiger partial charge < -0.3 is 4.74 Å². The fraction of sp³-hybridized carbons (Fsp3) is 0.312. The van der Waals surface area contributed by atoms with Crippen molar-refractivity contribution in [2.75, 3.05) is 0 Å². The highest BCUT2D eigenvalue weighted by Crippen LogP contribution is 2.25. The third-order valence-corrected chi connectivity index (χ3v) is 3.71. The summed E-state index contributed by atoms with van der Waals surface area (Å²) in [6.45, 7) is 6.84. The minimum atomic E-state index is 0.378. The summed E-state index contributed by atoms with van der Waals surface area (Å²) >= 11 is 11.9. The van der Waals surface area contributed by atoms with Crippen LogP contribution in [0.1, 0.15) is 36.5 Å². The number of rotatable bonds is 4. The number of aryl methyl sites for hydroxylation is 1. The van der Waals surface area contributed by atoms with E-state index in [4.69, 9.17) is 27.9 Å². The number of halogens is 2. The van der Waals surface area contributed by atoms with E-state index in [-0.39, 0.29) is 0 Å². The van der Waals surface area contributed by atoms with Crippen LogP contribution in [0.3, 0.4) is 0 Å². The lowest BCUT2D eigenvalue weighted by atomic mass is 9.98. The number of ether oxygens (including phenoxy) is 1. The van der Waals surface area contributed by atoms with E-state index in [1.807, 2.05) is 12.1 Å². The van der Waals surface area contributed by atoms with Crippen LogP contribution in [0.15, 0.2) is 30.5 Å². The molecule has 1 aromatic heterocycles. The lowest BCUT2D eigenvalue weighted by Crippen LogP contribution is -1.99. The predicted molar refractivity (Wildman–Crippen MR) is 83.9 cm³/mol. The molecule has 106 valence electrons. The van der Waals surface area contributed by atoms with E-state index in [1.54, 1.807) is 12.3 Å². The summed E-state index contributed by atoms with van der Waals surface area (Å²) in [5.74, 6) is 1.34. The molecular weight excluding hydrogens is 293 g/mol. The number of hydrogen-bond acceptors (Lipinski definition) is 2. The average Bonchev–Trinajstić information content (AvgIpc) is 2.37. The first-order valence-electron chi connectivity index (χ1n) is 6.50. The van der Waals surface area contributed by atoms with E-state index in [9.17, 15) is 0 Å². The average molecular weight is 310 g/mol. The SMILES string of the molecule is Cc1cc(OCc2cnc(Cl)cc2Cl)ccc1C(C)C. The number of hydrogen-bond donors (Lipinski definition) is 0. The van der Waals surface area contributed by atoms with Crippen LogP contribution >= 0.6 is 23.2 Å². The molecule has 0 saturated heterocycles. The van der Waals surface area contributed by atoms with Gasteiger partial charge in [-0.2, -0.15) is 0 Å². The molecule has 0 N–H and O–H groups in total. The van der Waals surface area contributed by atoms with Crippen molar-refractivity contribution in [1.29, 1.82) is 0 Å². The molecule has 0 aliphatic heterocycles. The van der Waals surface area contributed by atoms with Gasteiger partial charge >= 0.3 is 0 Å². The van der Waals surface area contributed by atoms with Gasteiger partial charge in [0, 0.05) is 11.8 Å². The topological polar surface area (TPSA) is 22.1 Å². The quantitative estimate of drug-likeness (QED) is 0.705. The molecule has 1 heterocycles. The molecule has 20 heavy (non-hydrogen) atoms. The van der Waals surface area contributed by atoms with Crippen LogP contribution in [0.25, 0.3) is 0 Å². The molecular formula is C16H17Cl2NO. The molecule has 0 bridgehead atoms. The first-order valence-corrected chi connectivity index (χ1v) is 7.26. The highest BCUT2D eigenvalue weighted by Gasteiger charge is 2.06. The van der Waals surface area contributed by atoms with Crippen LogP contribution < -0.4 is 4.74 Å². The minimum Gasteiger partial charge on any atom is -0.489 e. The second-order valence-electron chi connectivity index (χ2n) is 5.06. The number of benzene rings is 1. The maximum atomic E-state index is 6.09. The summed E-state index contributed by atoms with van der Waals surface area (Å²) in [6, 6.07) is 7.76. The third-order valence-electron chi connectivity index (χ3n) is 3.15. The molecule has 0 atom stereocenters. The maximum absolute atomic E-state index is 6.09. The summed E-state index contributed by atoms with van der Waals surface area (Å²) in [4.78, 5) is 4.01. The zero-order valence-corrected chi connectivity index (χ0v) is 13.3. The van der Waals surface area contributed by atoms with Crippen LogP contribution in [0.2, 0.25) is 10.2 Å². The zero-order chi connectivity index (χ0) is 14.7. The summed E-state index contributed by atoms with van der Waals surface area (Å²) < 4.78 is 5.76. The highest BCUT2D eigenvalue weighted by molar-refractivity contribution is 6.34. The Kier molecular flexibility index (Phi) is 4.90. The Balaban J connectivity index is 2.09. The monoisotopic (exact) mass is 309 g/mol. The Morgan fingerprint density at radius 1 is 1.20 bits per heavy atom. The molecule has 0 amide bonds. The van der Waals surface area contributed by atoms with E-state index in [0.717, 1.165) is 11.3 Å². The van der Waals surface area contributed by atoms with E-state index < -0.39 is 0 Å². The highest BCUT2D eigenvalue weighted by atomic mass is 35.5. The Hall–Kier alpha value is -1.25. The van der Waals surface area contributed by atoms with Gasteiger partial charge in [0.05, 0.1) is 5.02 Å². The van der Waals surface area contributed by atoms with Crippen molar-refractivity contribution in [3.8, 4) is 5.75 Å². The number of aromatic nitrogens is 1. The van der Waals surface area contributed by atoms with Crippen molar-refractivity contribution in [3.05, 3.63) is 57.3 Å². The molecule has 0 unspecified atom stereocenters. The molecule has 2 rings (SSSR count). The smallest absolute Gasteiger partial charge is 0.130 e. The van der Waals surface area contributed by atoms with Gasteiger partial charge in [-0.1, -0.05) is 43.1 Å². The fourth-order valence-electron chi connectivity index (χ4n) is 2.09. The van der Waals surface area contributed by atoms with Crippen LogP contribution in [0.4, 0.5) is 0 Å². The van der Waals surface area contributed by atoms with Crippen LogP contribution in [0, 0.1) is 6.92 Å². The summed E-state index contributed by atoms with van der Waals surface area (Å²) in [5, 5.41) is 0.955. The van der Waals surface area contributed by atoms with Gasteiger partial charge in [-0.3, -0.25) is 0 Å². The van der Waals surface area contributed by atoms with E-state index in [2.05, 4.69) is 31.8 Å². The lowest BCUT2D eigenvalue weighted by molar-refractivity contribution is 0.305. The summed E-state index contributed by atoms with van der Waals surface area (Å²) in [7, 11) is 0. The normalized spacial score (nSPS) is 10.9. The molecule has 4 heteroatoms. The predicted octanol–water partition coefficient (Wildman–Crippen LogP) is 5.40. The van der Waals surface area contributed by atoms with E-state index in [0.29, 0.717) is 22.7 Å². The van der Waals surface area contributed by atoms with Gasteiger partial charge in [0.1, 0.15) is 17.5 Å². The van der Waals surface area contributed by atoms with E-state index >= 15 is 0 Å².